The van der Waals surface area contributed by atoms with E-state index in [9.17, 15) is 0 Å². The molecule has 0 aliphatic carbocycles. The lowest BCUT2D eigenvalue weighted by Gasteiger charge is -2.26. The fourth-order valence-electron chi connectivity index (χ4n) is 2.54. The topological polar surface area (TPSA) is 26.0 Å². The first kappa shape index (κ1) is 18.0. The van der Waals surface area contributed by atoms with E-state index in [1.54, 1.807) is 0 Å². The van der Waals surface area contributed by atoms with Gasteiger partial charge in [-0.1, -0.05) is 85.5 Å². The van der Waals surface area contributed by atoms with E-state index in [0.717, 1.165) is 21.5 Å². The van der Waals surface area contributed by atoms with Crippen LogP contribution >= 0.6 is 27.5 Å². The average molecular weight is 361 g/mol. The fourth-order valence-corrected chi connectivity index (χ4v) is 3.43. The van der Waals surface area contributed by atoms with E-state index in [0.29, 0.717) is 0 Å². The SMILES string of the molecule is CCCCCCCCCC(C)(N)c1ccc(Br)cc1Cl. The van der Waals surface area contributed by atoms with Gasteiger partial charge in [-0.05, 0) is 31.0 Å². The van der Waals surface area contributed by atoms with Gasteiger partial charge in [-0.15, -0.1) is 0 Å². The molecule has 1 nitrogen and oxygen atoms in total. The number of halogens is 2. The summed E-state index contributed by atoms with van der Waals surface area (Å²) in [4.78, 5) is 0. The van der Waals surface area contributed by atoms with Crippen molar-refractivity contribution in [1.82, 2.24) is 0 Å². The molecule has 0 aliphatic rings. The molecule has 0 spiro atoms. The highest BCUT2D eigenvalue weighted by molar-refractivity contribution is 9.10. The molecule has 0 aromatic heterocycles. The van der Waals surface area contributed by atoms with Crippen LogP contribution in [0.5, 0.6) is 0 Å². The lowest BCUT2D eigenvalue weighted by molar-refractivity contribution is 0.421. The van der Waals surface area contributed by atoms with E-state index in [2.05, 4.69) is 29.8 Å². The summed E-state index contributed by atoms with van der Waals surface area (Å²) < 4.78 is 0.998. The lowest BCUT2D eigenvalue weighted by Crippen LogP contribution is -2.33. The van der Waals surface area contributed by atoms with Gasteiger partial charge in [0, 0.05) is 15.0 Å². The van der Waals surface area contributed by atoms with Gasteiger partial charge in [0.2, 0.25) is 0 Å². The minimum Gasteiger partial charge on any atom is -0.322 e. The van der Waals surface area contributed by atoms with Crippen molar-refractivity contribution >= 4 is 27.5 Å². The van der Waals surface area contributed by atoms with E-state index in [1.807, 2.05) is 18.2 Å². The van der Waals surface area contributed by atoms with Crippen molar-refractivity contribution in [2.75, 3.05) is 0 Å². The minimum atomic E-state index is -0.332. The molecule has 1 rings (SSSR count). The largest absolute Gasteiger partial charge is 0.322 e. The molecular weight excluding hydrogens is 334 g/mol. The Morgan fingerprint density at radius 2 is 1.70 bits per heavy atom. The van der Waals surface area contributed by atoms with Crippen molar-refractivity contribution < 1.29 is 0 Å². The monoisotopic (exact) mass is 359 g/mol. The van der Waals surface area contributed by atoms with E-state index in [1.165, 1.54) is 44.9 Å². The van der Waals surface area contributed by atoms with Gasteiger partial charge in [0.1, 0.15) is 0 Å². The molecule has 1 unspecified atom stereocenters. The fraction of sp³-hybridized carbons (Fsp3) is 0.647. The summed E-state index contributed by atoms with van der Waals surface area (Å²) in [5.41, 5.74) is 7.17. The molecule has 0 saturated carbocycles. The van der Waals surface area contributed by atoms with Gasteiger partial charge in [0.05, 0.1) is 0 Å². The van der Waals surface area contributed by atoms with Gasteiger partial charge >= 0.3 is 0 Å². The molecule has 114 valence electrons. The van der Waals surface area contributed by atoms with E-state index in [4.69, 9.17) is 17.3 Å². The number of nitrogens with two attached hydrogens (primary N) is 1. The molecule has 1 atom stereocenters. The third-order valence-electron chi connectivity index (χ3n) is 3.85. The quantitative estimate of drug-likeness (QED) is 0.505. The second-order valence-electron chi connectivity index (χ2n) is 5.91. The normalized spacial score (nSPS) is 14.2. The molecule has 0 bridgehead atoms. The Bertz CT molecular complexity index is 404. The van der Waals surface area contributed by atoms with E-state index >= 15 is 0 Å². The van der Waals surface area contributed by atoms with Crippen LogP contribution in [0.2, 0.25) is 5.02 Å². The average Bonchev–Trinajstić information content (AvgIpc) is 2.37. The number of hydrogen-bond donors (Lipinski definition) is 1. The molecule has 0 fully saturated rings. The molecule has 0 amide bonds. The second kappa shape index (κ2) is 9.07. The van der Waals surface area contributed by atoms with Gasteiger partial charge in [0.25, 0.3) is 0 Å². The molecular formula is C17H27BrClN. The third-order valence-corrected chi connectivity index (χ3v) is 4.65. The zero-order chi connectivity index (χ0) is 15.0. The number of hydrogen-bond acceptors (Lipinski definition) is 1. The van der Waals surface area contributed by atoms with Crippen LogP contribution in [-0.2, 0) is 5.54 Å². The molecule has 1 aromatic carbocycles. The Morgan fingerprint density at radius 1 is 1.10 bits per heavy atom. The zero-order valence-corrected chi connectivity index (χ0v) is 15.1. The maximum absolute atomic E-state index is 6.45. The van der Waals surface area contributed by atoms with Crippen LogP contribution in [0.3, 0.4) is 0 Å². The van der Waals surface area contributed by atoms with Gasteiger partial charge in [-0.2, -0.15) is 0 Å². The molecule has 0 aliphatic heterocycles. The highest BCUT2D eigenvalue weighted by Gasteiger charge is 2.23. The summed E-state index contributed by atoms with van der Waals surface area (Å²) in [5, 5.41) is 0.757. The maximum Gasteiger partial charge on any atom is 0.0467 e. The summed E-state index contributed by atoms with van der Waals surface area (Å²) in [6.45, 7) is 4.33. The molecule has 20 heavy (non-hydrogen) atoms. The summed E-state index contributed by atoms with van der Waals surface area (Å²) in [7, 11) is 0. The van der Waals surface area contributed by atoms with E-state index < -0.39 is 0 Å². The molecule has 0 heterocycles. The number of rotatable bonds is 9. The summed E-state index contributed by atoms with van der Waals surface area (Å²) in [5.74, 6) is 0. The van der Waals surface area contributed by atoms with Gasteiger partial charge < -0.3 is 5.73 Å². The zero-order valence-electron chi connectivity index (χ0n) is 12.7. The third kappa shape index (κ3) is 6.15. The molecule has 0 saturated heterocycles. The number of benzene rings is 1. The van der Waals surface area contributed by atoms with Gasteiger partial charge in [0.15, 0.2) is 0 Å². The first-order chi connectivity index (χ1) is 9.47. The Morgan fingerprint density at radius 3 is 2.30 bits per heavy atom. The Labute approximate surface area is 137 Å². The van der Waals surface area contributed by atoms with Crippen molar-refractivity contribution in [1.29, 1.82) is 0 Å². The minimum absolute atomic E-state index is 0.332. The van der Waals surface area contributed by atoms with Crippen LogP contribution in [0.4, 0.5) is 0 Å². The highest BCUT2D eigenvalue weighted by atomic mass is 79.9. The van der Waals surface area contributed by atoms with E-state index in [-0.39, 0.29) is 5.54 Å². The Balaban J connectivity index is 2.37. The maximum atomic E-state index is 6.45. The first-order valence-electron chi connectivity index (χ1n) is 7.72. The summed E-state index contributed by atoms with van der Waals surface area (Å²) >= 11 is 9.73. The summed E-state index contributed by atoms with van der Waals surface area (Å²) in [6, 6.07) is 5.97. The second-order valence-corrected chi connectivity index (χ2v) is 7.24. The van der Waals surface area contributed by atoms with Crippen LogP contribution in [0.1, 0.15) is 70.8 Å². The van der Waals surface area contributed by atoms with Crippen molar-refractivity contribution in [3.05, 3.63) is 33.3 Å². The highest BCUT2D eigenvalue weighted by Crippen LogP contribution is 2.32. The van der Waals surface area contributed by atoms with Crippen LogP contribution < -0.4 is 5.73 Å². The van der Waals surface area contributed by atoms with Crippen LogP contribution in [-0.4, -0.2) is 0 Å². The van der Waals surface area contributed by atoms with Crippen molar-refractivity contribution in [3.8, 4) is 0 Å². The van der Waals surface area contributed by atoms with Gasteiger partial charge in [-0.25, -0.2) is 0 Å². The molecule has 2 N–H and O–H groups in total. The lowest BCUT2D eigenvalue weighted by atomic mass is 9.87. The smallest absolute Gasteiger partial charge is 0.0467 e. The van der Waals surface area contributed by atoms with Crippen molar-refractivity contribution in [2.24, 2.45) is 5.73 Å². The Kier molecular flexibility index (Phi) is 8.16. The van der Waals surface area contributed by atoms with Crippen LogP contribution in [0.25, 0.3) is 0 Å². The first-order valence-corrected chi connectivity index (χ1v) is 8.89. The van der Waals surface area contributed by atoms with Gasteiger partial charge in [-0.3, -0.25) is 0 Å². The Hall–Kier alpha value is -0.0500. The molecule has 3 heteroatoms. The van der Waals surface area contributed by atoms with Crippen LogP contribution in [0, 0.1) is 0 Å². The van der Waals surface area contributed by atoms with Crippen molar-refractivity contribution in [3.63, 3.8) is 0 Å². The predicted octanol–water partition coefficient (Wildman–Crippen LogP) is 6.42. The van der Waals surface area contributed by atoms with Crippen LogP contribution in [0.15, 0.2) is 22.7 Å². The standard InChI is InChI=1S/C17H27BrClN/c1-3-4-5-6-7-8-9-12-17(2,20)15-11-10-14(18)13-16(15)19/h10-11,13H,3-9,12,20H2,1-2H3. The van der Waals surface area contributed by atoms with Crippen molar-refractivity contribution in [2.45, 2.75) is 70.8 Å². The number of unbranched alkanes of at least 4 members (excludes halogenated alkanes) is 6. The molecule has 0 radical (unpaired) electrons. The molecule has 1 aromatic rings. The summed E-state index contributed by atoms with van der Waals surface area (Å²) in [6.07, 6.45) is 10.2. The predicted molar refractivity (Wildman–Crippen MR) is 93.3 cm³/mol.